The maximum absolute atomic E-state index is 9.32. The van der Waals surface area contributed by atoms with E-state index in [4.69, 9.17) is 0 Å². The van der Waals surface area contributed by atoms with Crippen LogP contribution in [-0.2, 0) is 12.8 Å². The van der Waals surface area contributed by atoms with Crippen molar-refractivity contribution in [2.45, 2.75) is 19.3 Å². The SMILES string of the molecule is N#Cc1cccnc1N1CC2CN(c3ncnc4c3CCC4)CC2C1. The molecule has 25 heavy (non-hydrogen) atoms. The van der Waals surface area contributed by atoms with Gasteiger partial charge in [0.2, 0.25) is 0 Å². The van der Waals surface area contributed by atoms with Gasteiger partial charge in [0.1, 0.15) is 24.0 Å². The van der Waals surface area contributed by atoms with Gasteiger partial charge in [0.15, 0.2) is 0 Å². The standard InChI is InChI=1S/C19H20N6/c20-7-13-3-2-6-21-18(13)24-8-14-10-25(11-15(14)9-24)19-16-4-1-5-17(16)22-12-23-19/h2-3,6,12,14-15H,1,4-5,8-11H2. The van der Waals surface area contributed by atoms with Crippen molar-refractivity contribution in [1.82, 2.24) is 15.0 Å². The summed E-state index contributed by atoms with van der Waals surface area (Å²) in [6, 6.07) is 5.95. The predicted octanol–water partition coefficient (Wildman–Crippen LogP) is 1.80. The summed E-state index contributed by atoms with van der Waals surface area (Å²) >= 11 is 0. The molecule has 2 aromatic rings. The van der Waals surface area contributed by atoms with Gasteiger partial charge in [-0.1, -0.05) is 0 Å². The molecule has 0 saturated carbocycles. The molecule has 2 aliphatic heterocycles. The van der Waals surface area contributed by atoms with Crippen LogP contribution in [0, 0.1) is 23.2 Å². The van der Waals surface area contributed by atoms with E-state index in [1.165, 1.54) is 23.5 Å². The lowest BCUT2D eigenvalue weighted by Gasteiger charge is -2.24. The highest BCUT2D eigenvalue weighted by Gasteiger charge is 2.42. The summed E-state index contributed by atoms with van der Waals surface area (Å²) in [4.78, 5) is 18.3. The minimum Gasteiger partial charge on any atom is -0.356 e. The normalized spacial score (nSPS) is 24.3. The molecule has 5 rings (SSSR count). The number of nitrogens with zero attached hydrogens (tertiary/aromatic N) is 6. The fraction of sp³-hybridized carbons (Fsp3) is 0.474. The predicted molar refractivity (Wildman–Crippen MR) is 94.4 cm³/mol. The zero-order valence-electron chi connectivity index (χ0n) is 14.1. The Bertz CT molecular complexity index is 843. The lowest BCUT2D eigenvalue weighted by atomic mass is 10.0. The number of hydrogen-bond acceptors (Lipinski definition) is 6. The third-order valence-electron chi connectivity index (χ3n) is 5.84. The van der Waals surface area contributed by atoms with Crippen LogP contribution in [0.25, 0.3) is 0 Å². The van der Waals surface area contributed by atoms with Gasteiger partial charge in [-0.15, -0.1) is 0 Å². The Morgan fingerprint density at radius 1 is 0.960 bits per heavy atom. The first-order valence-electron chi connectivity index (χ1n) is 9.01. The molecule has 4 heterocycles. The second kappa shape index (κ2) is 5.69. The molecule has 0 spiro atoms. The maximum atomic E-state index is 9.32. The monoisotopic (exact) mass is 332 g/mol. The van der Waals surface area contributed by atoms with Crippen molar-refractivity contribution in [2.75, 3.05) is 36.0 Å². The molecule has 2 saturated heterocycles. The fourth-order valence-corrected chi connectivity index (χ4v) is 4.69. The highest BCUT2D eigenvalue weighted by Crippen LogP contribution is 2.38. The van der Waals surface area contributed by atoms with Crippen molar-refractivity contribution in [1.29, 1.82) is 5.26 Å². The average molecular weight is 332 g/mol. The van der Waals surface area contributed by atoms with Crippen LogP contribution >= 0.6 is 0 Å². The molecular weight excluding hydrogens is 312 g/mol. The topological polar surface area (TPSA) is 68.9 Å². The second-order valence-electron chi connectivity index (χ2n) is 7.29. The average Bonchev–Trinajstić information content (AvgIpc) is 3.35. The van der Waals surface area contributed by atoms with Gasteiger partial charge in [0.25, 0.3) is 0 Å². The van der Waals surface area contributed by atoms with Crippen molar-refractivity contribution >= 4 is 11.6 Å². The van der Waals surface area contributed by atoms with Crippen molar-refractivity contribution in [2.24, 2.45) is 11.8 Å². The van der Waals surface area contributed by atoms with Gasteiger partial charge in [-0.3, -0.25) is 0 Å². The molecule has 2 unspecified atom stereocenters. The number of aryl methyl sites for hydroxylation is 1. The highest BCUT2D eigenvalue weighted by molar-refractivity contribution is 5.56. The number of anilines is 2. The van der Waals surface area contributed by atoms with Gasteiger partial charge in [-0.05, 0) is 31.4 Å². The molecule has 3 aliphatic rings. The number of rotatable bonds is 2. The van der Waals surface area contributed by atoms with E-state index < -0.39 is 0 Å². The zero-order chi connectivity index (χ0) is 16.8. The number of hydrogen-bond donors (Lipinski definition) is 0. The molecule has 2 aromatic heterocycles. The molecule has 0 bridgehead atoms. The van der Waals surface area contributed by atoms with Crippen LogP contribution in [0.3, 0.4) is 0 Å². The highest BCUT2D eigenvalue weighted by atomic mass is 15.3. The van der Waals surface area contributed by atoms with Gasteiger partial charge in [-0.25, -0.2) is 15.0 Å². The molecule has 0 N–H and O–H groups in total. The molecule has 0 radical (unpaired) electrons. The lowest BCUT2D eigenvalue weighted by Crippen LogP contribution is -2.30. The minimum atomic E-state index is 0.612. The molecule has 0 amide bonds. The van der Waals surface area contributed by atoms with E-state index in [1.54, 1.807) is 12.5 Å². The molecule has 1 aliphatic carbocycles. The molecule has 126 valence electrons. The third kappa shape index (κ3) is 2.34. The Hall–Kier alpha value is -2.68. The van der Waals surface area contributed by atoms with Crippen molar-refractivity contribution in [3.05, 3.63) is 41.5 Å². The van der Waals surface area contributed by atoms with E-state index in [9.17, 15) is 5.26 Å². The van der Waals surface area contributed by atoms with Gasteiger partial charge in [0, 0.05) is 55.5 Å². The van der Waals surface area contributed by atoms with E-state index in [0.29, 0.717) is 17.4 Å². The van der Waals surface area contributed by atoms with Crippen molar-refractivity contribution in [3.8, 4) is 6.07 Å². The van der Waals surface area contributed by atoms with Gasteiger partial charge >= 0.3 is 0 Å². The van der Waals surface area contributed by atoms with E-state index in [2.05, 4.69) is 30.8 Å². The largest absolute Gasteiger partial charge is 0.356 e. The molecular formula is C19H20N6. The van der Waals surface area contributed by atoms with Gasteiger partial charge < -0.3 is 9.80 Å². The van der Waals surface area contributed by atoms with Gasteiger partial charge in [-0.2, -0.15) is 5.26 Å². The summed E-state index contributed by atoms with van der Waals surface area (Å²) in [5.41, 5.74) is 3.29. The summed E-state index contributed by atoms with van der Waals surface area (Å²) in [5.74, 6) is 3.23. The van der Waals surface area contributed by atoms with Crippen LogP contribution in [0.4, 0.5) is 11.6 Å². The summed E-state index contributed by atoms with van der Waals surface area (Å²) in [5, 5.41) is 9.32. The zero-order valence-corrected chi connectivity index (χ0v) is 14.1. The molecule has 2 fully saturated rings. The Balaban J connectivity index is 1.35. The first-order chi connectivity index (χ1) is 12.3. The fourth-order valence-electron chi connectivity index (χ4n) is 4.69. The maximum Gasteiger partial charge on any atom is 0.146 e. The third-order valence-corrected chi connectivity index (χ3v) is 5.84. The first-order valence-corrected chi connectivity index (χ1v) is 9.01. The number of pyridine rings is 1. The molecule has 6 nitrogen and oxygen atoms in total. The Labute approximate surface area is 147 Å². The van der Waals surface area contributed by atoms with Crippen molar-refractivity contribution < 1.29 is 0 Å². The smallest absolute Gasteiger partial charge is 0.146 e. The molecule has 0 aromatic carbocycles. The molecule has 6 heteroatoms. The second-order valence-corrected chi connectivity index (χ2v) is 7.29. The van der Waals surface area contributed by atoms with E-state index in [0.717, 1.165) is 44.8 Å². The van der Waals surface area contributed by atoms with E-state index in [-0.39, 0.29) is 0 Å². The van der Waals surface area contributed by atoms with Crippen LogP contribution in [0.2, 0.25) is 0 Å². The van der Waals surface area contributed by atoms with Crippen LogP contribution in [0.1, 0.15) is 23.2 Å². The number of aromatic nitrogens is 3. The van der Waals surface area contributed by atoms with Crippen molar-refractivity contribution in [3.63, 3.8) is 0 Å². The lowest BCUT2D eigenvalue weighted by molar-refractivity contribution is 0.533. The van der Waals surface area contributed by atoms with Crippen LogP contribution in [-0.4, -0.2) is 41.1 Å². The summed E-state index contributed by atoms with van der Waals surface area (Å²) in [7, 11) is 0. The summed E-state index contributed by atoms with van der Waals surface area (Å²) < 4.78 is 0. The Morgan fingerprint density at radius 2 is 1.72 bits per heavy atom. The summed E-state index contributed by atoms with van der Waals surface area (Å²) in [6.07, 6.45) is 6.92. The molecule has 2 atom stereocenters. The minimum absolute atomic E-state index is 0.612. The van der Waals surface area contributed by atoms with Gasteiger partial charge in [0.05, 0.1) is 5.56 Å². The summed E-state index contributed by atoms with van der Waals surface area (Å²) in [6.45, 7) is 4.03. The van der Waals surface area contributed by atoms with Crippen LogP contribution < -0.4 is 9.80 Å². The Kier molecular flexibility index (Phi) is 3.34. The number of nitriles is 1. The van der Waals surface area contributed by atoms with Crippen LogP contribution in [0.15, 0.2) is 24.7 Å². The van der Waals surface area contributed by atoms with E-state index >= 15 is 0 Å². The number of fused-ring (bicyclic) bond motifs is 2. The van der Waals surface area contributed by atoms with E-state index in [1.807, 2.05) is 12.1 Å². The van der Waals surface area contributed by atoms with Crippen LogP contribution in [0.5, 0.6) is 0 Å². The quantitative estimate of drug-likeness (QED) is 0.835. The Morgan fingerprint density at radius 3 is 2.48 bits per heavy atom. The first kappa shape index (κ1) is 14.6.